The smallest absolute Gasteiger partial charge is 0.221 e. The highest BCUT2D eigenvalue weighted by atomic mass is 16.5. The number of benzene rings is 1. The molecule has 134 valence electrons. The van der Waals surface area contributed by atoms with Crippen molar-refractivity contribution < 1.29 is 14.3 Å². The van der Waals surface area contributed by atoms with Gasteiger partial charge in [0.15, 0.2) is 5.96 Å². The highest BCUT2D eigenvalue weighted by Crippen LogP contribution is 2.16. The summed E-state index contributed by atoms with van der Waals surface area (Å²) in [6.07, 6.45) is 0.888. The van der Waals surface area contributed by atoms with Gasteiger partial charge in [-0.3, -0.25) is 9.79 Å². The molecule has 0 saturated carbocycles. The van der Waals surface area contributed by atoms with Crippen molar-refractivity contribution >= 4 is 17.6 Å². The van der Waals surface area contributed by atoms with Crippen molar-refractivity contribution in [3.63, 3.8) is 0 Å². The van der Waals surface area contributed by atoms with Crippen LogP contribution in [0.4, 0.5) is 5.69 Å². The fourth-order valence-electron chi connectivity index (χ4n) is 1.95. The first kappa shape index (κ1) is 19.8. The second kappa shape index (κ2) is 12.2. The number of anilines is 1. The molecule has 1 aromatic rings. The van der Waals surface area contributed by atoms with E-state index in [0.29, 0.717) is 32.1 Å². The summed E-state index contributed by atoms with van der Waals surface area (Å²) in [4.78, 5) is 15.5. The molecule has 0 heterocycles. The number of hydrogen-bond donors (Lipinski definition) is 3. The minimum absolute atomic E-state index is 0.103. The van der Waals surface area contributed by atoms with E-state index < -0.39 is 0 Å². The molecular formula is C17H28N4O3. The first-order valence-electron chi connectivity index (χ1n) is 8.17. The van der Waals surface area contributed by atoms with Crippen molar-refractivity contribution in [1.29, 1.82) is 0 Å². The van der Waals surface area contributed by atoms with E-state index in [1.165, 1.54) is 6.92 Å². The molecule has 7 nitrogen and oxygen atoms in total. The van der Waals surface area contributed by atoms with Crippen LogP contribution in [0.25, 0.3) is 0 Å². The van der Waals surface area contributed by atoms with E-state index in [9.17, 15) is 4.79 Å². The maximum absolute atomic E-state index is 11.1. The first-order chi connectivity index (χ1) is 11.7. The number of ether oxygens (including phenoxy) is 2. The van der Waals surface area contributed by atoms with Crippen LogP contribution in [0.5, 0.6) is 5.75 Å². The topological polar surface area (TPSA) is 84.0 Å². The summed E-state index contributed by atoms with van der Waals surface area (Å²) in [7, 11) is 1.69. The highest BCUT2D eigenvalue weighted by Gasteiger charge is 2.00. The molecule has 0 fully saturated rings. The number of nitrogens with one attached hydrogen (secondary N) is 3. The Kier molecular flexibility index (Phi) is 10.0. The molecule has 0 radical (unpaired) electrons. The number of nitrogens with zero attached hydrogens (tertiary/aromatic N) is 1. The van der Waals surface area contributed by atoms with Crippen molar-refractivity contribution in [2.75, 3.05) is 45.3 Å². The number of aliphatic imine (C=N–C) groups is 1. The highest BCUT2D eigenvalue weighted by molar-refractivity contribution is 5.88. The largest absolute Gasteiger partial charge is 0.492 e. The predicted molar refractivity (Wildman–Crippen MR) is 96.7 cm³/mol. The van der Waals surface area contributed by atoms with Gasteiger partial charge in [-0.25, -0.2) is 0 Å². The lowest BCUT2D eigenvalue weighted by Crippen LogP contribution is -2.39. The maximum Gasteiger partial charge on any atom is 0.221 e. The fraction of sp³-hybridized carbons (Fsp3) is 0.529. The molecule has 3 N–H and O–H groups in total. The van der Waals surface area contributed by atoms with Crippen LogP contribution >= 0.6 is 0 Å². The molecule has 0 aliphatic carbocycles. The lowest BCUT2D eigenvalue weighted by molar-refractivity contribution is -0.114. The summed E-state index contributed by atoms with van der Waals surface area (Å²) in [5.41, 5.74) is 0.723. The number of carbonyl (C=O) groups is 1. The summed E-state index contributed by atoms with van der Waals surface area (Å²) in [5.74, 6) is 1.38. The Balaban J connectivity index is 2.35. The van der Waals surface area contributed by atoms with Gasteiger partial charge in [0.1, 0.15) is 12.4 Å². The van der Waals surface area contributed by atoms with Crippen LogP contribution in [0, 0.1) is 0 Å². The molecule has 0 saturated heterocycles. The summed E-state index contributed by atoms with van der Waals surface area (Å²) >= 11 is 0. The third-order valence-electron chi connectivity index (χ3n) is 2.94. The molecule has 0 atom stereocenters. The number of methoxy groups -OCH3 is 1. The summed E-state index contributed by atoms with van der Waals surface area (Å²) in [5, 5.41) is 9.13. The Bertz CT molecular complexity index is 520. The van der Waals surface area contributed by atoms with Crippen LogP contribution in [0.1, 0.15) is 20.3 Å². The Morgan fingerprint density at radius 2 is 2.08 bits per heavy atom. The predicted octanol–water partition coefficient (Wildman–Crippen LogP) is 1.62. The Labute approximate surface area is 143 Å². The number of amides is 1. The average Bonchev–Trinajstić information content (AvgIpc) is 2.55. The molecule has 0 bridgehead atoms. The van der Waals surface area contributed by atoms with E-state index in [0.717, 1.165) is 24.6 Å². The number of guanidine groups is 1. The molecule has 7 heteroatoms. The third-order valence-corrected chi connectivity index (χ3v) is 2.94. The van der Waals surface area contributed by atoms with Crippen LogP contribution in [0.15, 0.2) is 29.3 Å². The van der Waals surface area contributed by atoms with Gasteiger partial charge in [0.2, 0.25) is 5.91 Å². The summed E-state index contributed by atoms with van der Waals surface area (Å²) < 4.78 is 10.7. The van der Waals surface area contributed by atoms with Crippen LogP contribution in [-0.2, 0) is 9.53 Å². The SMILES string of the molecule is CCNC(=NCCCOC)NCCOc1cccc(NC(C)=O)c1. The van der Waals surface area contributed by atoms with Crippen molar-refractivity contribution in [3.8, 4) is 5.75 Å². The third kappa shape index (κ3) is 8.99. The fourth-order valence-corrected chi connectivity index (χ4v) is 1.95. The Hall–Kier alpha value is -2.28. The molecule has 1 aromatic carbocycles. The molecule has 0 aliphatic heterocycles. The van der Waals surface area contributed by atoms with E-state index in [1.807, 2.05) is 25.1 Å². The molecule has 1 amide bonds. The van der Waals surface area contributed by atoms with Crippen LogP contribution in [-0.4, -0.2) is 51.8 Å². The van der Waals surface area contributed by atoms with E-state index in [2.05, 4.69) is 20.9 Å². The number of hydrogen-bond acceptors (Lipinski definition) is 4. The van der Waals surface area contributed by atoms with Gasteiger partial charge in [0.05, 0.1) is 6.54 Å². The van der Waals surface area contributed by atoms with Gasteiger partial charge < -0.3 is 25.4 Å². The van der Waals surface area contributed by atoms with Gasteiger partial charge in [0, 0.05) is 45.5 Å². The second-order valence-electron chi connectivity index (χ2n) is 5.09. The quantitative estimate of drug-likeness (QED) is 0.343. The monoisotopic (exact) mass is 336 g/mol. The van der Waals surface area contributed by atoms with Gasteiger partial charge in [-0.1, -0.05) is 6.07 Å². The molecule has 24 heavy (non-hydrogen) atoms. The number of rotatable bonds is 10. The van der Waals surface area contributed by atoms with Gasteiger partial charge >= 0.3 is 0 Å². The lowest BCUT2D eigenvalue weighted by atomic mass is 10.3. The molecule has 0 unspecified atom stereocenters. The van der Waals surface area contributed by atoms with E-state index in [4.69, 9.17) is 9.47 Å². The summed E-state index contributed by atoms with van der Waals surface area (Å²) in [6, 6.07) is 7.32. The standard InChI is InChI=1S/C17H28N4O3/c1-4-18-17(19-9-6-11-23-3)20-10-12-24-16-8-5-7-15(13-16)21-14(2)22/h5,7-8,13H,4,6,9-12H2,1-3H3,(H,21,22)(H2,18,19,20). The van der Waals surface area contributed by atoms with Crippen LogP contribution in [0.3, 0.4) is 0 Å². The lowest BCUT2D eigenvalue weighted by Gasteiger charge is -2.12. The minimum atomic E-state index is -0.103. The zero-order chi connectivity index (χ0) is 17.6. The molecule has 1 rings (SSSR count). The first-order valence-corrected chi connectivity index (χ1v) is 8.17. The van der Waals surface area contributed by atoms with E-state index >= 15 is 0 Å². The van der Waals surface area contributed by atoms with Crippen molar-refractivity contribution in [3.05, 3.63) is 24.3 Å². The Morgan fingerprint density at radius 1 is 1.25 bits per heavy atom. The van der Waals surface area contributed by atoms with Crippen LogP contribution < -0.4 is 20.7 Å². The second-order valence-corrected chi connectivity index (χ2v) is 5.09. The molecular weight excluding hydrogens is 308 g/mol. The summed E-state index contributed by atoms with van der Waals surface area (Å²) in [6.45, 7) is 6.84. The zero-order valence-corrected chi connectivity index (χ0v) is 14.7. The van der Waals surface area contributed by atoms with E-state index in [1.54, 1.807) is 13.2 Å². The van der Waals surface area contributed by atoms with Crippen molar-refractivity contribution in [2.24, 2.45) is 4.99 Å². The van der Waals surface area contributed by atoms with Crippen molar-refractivity contribution in [2.45, 2.75) is 20.3 Å². The van der Waals surface area contributed by atoms with Crippen LogP contribution in [0.2, 0.25) is 0 Å². The molecule has 0 aliphatic rings. The van der Waals surface area contributed by atoms with Gasteiger partial charge in [-0.15, -0.1) is 0 Å². The minimum Gasteiger partial charge on any atom is -0.492 e. The maximum atomic E-state index is 11.1. The Morgan fingerprint density at radius 3 is 2.79 bits per heavy atom. The van der Waals surface area contributed by atoms with Gasteiger partial charge in [0.25, 0.3) is 0 Å². The van der Waals surface area contributed by atoms with Gasteiger partial charge in [-0.05, 0) is 25.5 Å². The normalized spacial score (nSPS) is 11.0. The molecule has 0 aromatic heterocycles. The zero-order valence-electron chi connectivity index (χ0n) is 14.7. The number of carbonyl (C=O) groups excluding carboxylic acids is 1. The van der Waals surface area contributed by atoms with E-state index in [-0.39, 0.29) is 5.91 Å². The molecule has 0 spiro atoms. The van der Waals surface area contributed by atoms with Gasteiger partial charge in [-0.2, -0.15) is 0 Å². The average molecular weight is 336 g/mol. The van der Waals surface area contributed by atoms with Crippen molar-refractivity contribution in [1.82, 2.24) is 10.6 Å².